The lowest BCUT2D eigenvalue weighted by Gasteiger charge is -2.25. The topological polar surface area (TPSA) is 98.7 Å². The van der Waals surface area contributed by atoms with Gasteiger partial charge in [-0.3, -0.25) is 9.59 Å². The normalized spacial score (nSPS) is 13.2. The van der Waals surface area contributed by atoms with E-state index in [1.807, 2.05) is 60.7 Å². The van der Waals surface area contributed by atoms with Crippen molar-refractivity contribution in [2.24, 2.45) is 11.8 Å². The summed E-state index contributed by atoms with van der Waals surface area (Å²) in [5, 5.41) is 24.9. The Kier molecular flexibility index (Phi) is 8.17. The maximum Gasteiger partial charge on any atom is 0.233 e. The Balaban J connectivity index is 2.12. The molecule has 0 radical (unpaired) electrons. The lowest BCUT2D eigenvalue weighted by atomic mass is 9.92. The predicted octanol–water partition coefficient (Wildman–Crippen LogP) is 1.96. The summed E-state index contributed by atoms with van der Waals surface area (Å²) in [6, 6.07) is 17.0. The molecular weight excluding hydrogens is 356 g/mol. The summed E-state index contributed by atoms with van der Waals surface area (Å²) in [6.45, 7) is 3.03. The number of hydrogen-bond acceptors (Lipinski definition) is 4. The summed E-state index contributed by atoms with van der Waals surface area (Å²) in [4.78, 5) is 25.7. The fourth-order valence-electron chi connectivity index (χ4n) is 3.09. The van der Waals surface area contributed by atoms with Gasteiger partial charge in [0.1, 0.15) is 5.92 Å². The van der Waals surface area contributed by atoms with E-state index in [-0.39, 0.29) is 19.1 Å². The number of aliphatic hydroxyl groups excluding tert-OH is 2. The quantitative estimate of drug-likeness (QED) is 0.497. The van der Waals surface area contributed by atoms with Gasteiger partial charge < -0.3 is 20.8 Å². The summed E-state index contributed by atoms with van der Waals surface area (Å²) in [6.07, 6.45) is 0. The van der Waals surface area contributed by atoms with Crippen LogP contribution in [0.2, 0.25) is 0 Å². The molecule has 0 saturated carbocycles. The highest BCUT2D eigenvalue weighted by Gasteiger charge is 2.32. The van der Waals surface area contributed by atoms with Crippen LogP contribution in [0.15, 0.2) is 60.7 Å². The maximum atomic E-state index is 12.8. The van der Waals surface area contributed by atoms with E-state index >= 15 is 0 Å². The van der Waals surface area contributed by atoms with E-state index in [1.54, 1.807) is 13.8 Å². The monoisotopic (exact) mass is 384 g/mol. The highest BCUT2D eigenvalue weighted by molar-refractivity contribution is 6.00. The fraction of sp³-hybridized carbons (Fsp3) is 0.364. The van der Waals surface area contributed by atoms with Gasteiger partial charge in [0.05, 0.1) is 25.3 Å². The summed E-state index contributed by atoms with van der Waals surface area (Å²) < 4.78 is 0. The fourth-order valence-corrected chi connectivity index (χ4v) is 3.09. The molecule has 0 heterocycles. The minimum atomic E-state index is -0.949. The molecule has 0 aromatic heterocycles. The predicted molar refractivity (Wildman–Crippen MR) is 107 cm³/mol. The van der Waals surface area contributed by atoms with Gasteiger partial charge in [-0.05, 0) is 17.0 Å². The average Bonchev–Trinajstić information content (AvgIpc) is 2.71. The van der Waals surface area contributed by atoms with E-state index in [0.717, 1.165) is 11.1 Å². The Morgan fingerprint density at radius 1 is 0.750 bits per heavy atom. The largest absolute Gasteiger partial charge is 0.394 e. The summed E-state index contributed by atoms with van der Waals surface area (Å²) >= 11 is 0. The number of carbonyl (C=O) groups is 2. The van der Waals surface area contributed by atoms with Gasteiger partial charge in [-0.15, -0.1) is 0 Å². The number of rotatable bonds is 9. The van der Waals surface area contributed by atoms with Crippen molar-refractivity contribution in [2.75, 3.05) is 13.2 Å². The van der Waals surface area contributed by atoms with E-state index in [1.165, 1.54) is 0 Å². The number of benzene rings is 2. The molecule has 6 nitrogen and oxygen atoms in total. The molecule has 2 aromatic rings. The van der Waals surface area contributed by atoms with Crippen LogP contribution in [0.3, 0.4) is 0 Å². The Hall–Kier alpha value is -2.70. The summed E-state index contributed by atoms with van der Waals surface area (Å²) in [5.41, 5.74) is 1.53. The molecule has 0 aliphatic rings. The smallest absolute Gasteiger partial charge is 0.233 e. The van der Waals surface area contributed by atoms with E-state index in [4.69, 9.17) is 0 Å². The molecule has 2 aromatic carbocycles. The first-order valence-electron chi connectivity index (χ1n) is 9.40. The van der Waals surface area contributed by atoms with Crippen LogP contribution >= 0.6 is 0 Å². The number of amides is 2. The van der Waals surface area contributed by atoms with Crippen molar-refractivity contribution < 1.29 is 19.8 Å². The van der Waals surface area contributed by atoms with E-state index in [0.29, 0.717) is 0 Å². The Labute approximate surface area is 165 Å². The molecule has 6 heteroatoms. The maximum absolute atomic E-state index is 12.8. The number of carbonyl (C=O) groups excluding carboxylic acids is 2. The molecule has 0 aliphatic carbocycles. The number of nitrogens with one attached hydrogen (secondary N) is 2. The molecule has 0 spiro atoms. The van der Waals surface area contributed by atoms with Crippen LogP contribution in [0.25, 0.3) is 0 Å². The molecule has 0 unspecified atom stereocenters. The first-order chi connectivity index (χ1) is 13.5. The molecule has 28 heavy (non-hydrogen) atoms. The lowest BCUT2D eigenvalue weighted by molar-refractivity contribution is -0.138. The van der Waals surface area contributed by atoms with Crippen LogP contribution in [0.5, 0.6) is 0 Å². The minimum absolute atomic E-state index is 0.259. The van der Waals surface area contributed by atoms with Gasteiger partial charge in [-0.2, -0.15) is 0 Å². The van der Waals surface area contributed by atoms with Crippen molar-refractivity contribution in [2.45, 2.75) is 25.9 Å². The van der Waals surface area contributed by atoms with Gasteiger partial charge in [0, 0.05) is 0 Å². The molecule has 2 rings (SSSR count). The molecule has 0 aliphatic heterocycles. The molecule has 0 bridgehead atoms. The van der Waals surface area contributed by atoms with Crippen LogP contribution in [0.1, 0.15) is 37.1 Å². The molecule has 150 valence electrons. The average molecular weight is 384 g/mol. The SMILES string of the molecule is CC(C)C(C(=O)N[C@@H](CO)c1ccccc1)C(=O)N[C@@H](CO)c1ccccc1. The molecule has 4 N–H and O–H groups in total. The summed E-state index contributed by atoms with van der Waals surface area (Å²) in [5.74, 6) is -2.12. The first-order valence-corrected chi connectivity index (χ1v) is 9.40. The third-order valence-electron chi connectivity index (χ3n) is 4.63. The van der Waals surface area contributed by atoms with Crippen molar-refractivity contribution in [1.82, 2.24) is 10.6 Å². The third-order valence-corrected chi connectivity index (χ3v) is 4.63. The van der Waals surface area contributed by atoms with Gasteiger partial charge in [-0.25, -0.2) is 0 Å². The van der Waals surface area contributed by atoms with E-state index in [2.05, 4.69) is 10.6 Å². The van der Waals surface area contributed by atoms with Gasteiger partial charge in [0.25, 0.3) is 0 Å². The third kappa shape index (κ3) is 5.65. The van der Waals surface area contributed by atoms with Gasteiger partial charge >= 0.3 is 0 Å². The Morgan fingerprint density at radius 2 is 1.11 bits per heavy atom. The van der Waals surface area contributed by atoms with Gasteiger partial charge in [-0.1, -0.05) is 74.5 Å². The van der Waals surface area contributed by atoms with Crippen molar-refractivity contribution >= 4 is 11.8 Å². The summed E-state index contributed by atoms with van der Waals surface area (Å²) in [7, 11) is 0. The second-order valence-electron chi connectivity index (χ2n) is 7.03. The first kappa shape index (κ1) is 21.6. The van der Waals surface area contributed by atoms with Crippen LogP contribution < -0.4 is 10.6 Å². The van der Waals surface area contributed by atoms with Crippen LogP contribution in [-0.4, -0.2) is 35.2 Å². The second kappa shape index (κ2) is 10.6. The van der Waals surface area contributed by atoms with E-state index in [9.17, 15) is 19.8 Å². The highest BCUT2D eigenvalue weighted by Crippen LogP contribution is 2.19. The lowest BCUT2D eigenvalue weighted by Crippen LogP contribution is -2.46. The zero-order valence-corrected chi connectivity index (χ0v) is 16.2. The number of hydrogen-bond donors (Lipinski definition) is 4. The molecule has 0 saturated heterocycles. The van der Waals surface area contributed by atoms with E-state index < -0.39 is 29.8 Å². The van der Waals surface area contributed by atoms with Crippen molar-refractivity contribution in [1.29, 1.82) is 0 Å². The minimum Gasteiger partial charge on any atom is -0.394 e. The van der Waals surface area contributed by atoms with Gasteiger partial charge in [0.15, 0.2) is 0 Å². The molecule has 2 atom stereocenters. The second-order valence-corrected chi connectivity index (χ2v) is 7.03. The van der Waals surface area contributed by atoms with Crippen molar-refractivity contribution in [3.05, 3.63) is 71.8 Å². The van der Waals surface area contributed by atoms with Crippen LogP contribution in [0, 0.1) is 11.8 Å². The zero-order chi connectivity index (χ0) is 20.5. The van der Waals surface area contributed by atoms with Crippen molar-refractivity contribution in [3.8, 4) is 0 Å². The highest BCUT2D eigenvalue weighted by atomic mass is 16.3. The standard InChI is InChI=1S/C22H28N2O4/c1-15(2)20(21(27)23-18(13-25)16-9-5-3-6-10-16)22(28)24-19(14-26)17-11-7-4-8-12-17/h3-12,15,18-20,25-26H,13-14H2,1-2H3,(H,23,27)(H,24,28)/t18-,19-/m0/s1. The molecule has 2 amide bonds. The zero-order valence-electron chi connectivity index (χ0n) is 16.2. The Bertz CT molecular complexity index is 688. The molecular formula is C22H28N2O4. The van der Waals surface area contributed by atoms with Crippen molar-refractivity contribution in [3.63, 3.8) is 0 Å². The number of aliphatic hydroxyl groups is 2. The van der Waals surface area contributed by atoms with Gasteiger partial charge in [0.2, 0.25) is 11.8 Å². The van der Waals surface area contributed by atoms with Crippen LogP contribution in [-0.2, 0) is 9.59 Å². The van der Waals surface area contributed by atoms with Crippen LogP contribution in [0.4, 0.5) is 0 Å². The Morgan fingerprint density at radius 3 is 1.39 bits per heavy atom. The molecule has 0 fully saturated rings.